The lowest BCUT2D eigenvalue weighted by molar-refractivity contribution is 0.369. The number of phenolic OH excluding ortho intramolecular Hbond substituents is 1. The molecule has 1 aromatic heterocycles. The number of hydrogen-bond acceptors (Lipinski definition) is 5. The van der Waals surface area contributed by atoms with Gasteiger partial charge >= 0.3 is 0 Å². The van der Waals surface area contributed by atoms with Crippen molar-refractivity contribution in [1.29, 1.82) is 0 Å². The number of ether oxygens (including phenoxy) is 1. The first-order chi connectivity index (χ1) is 8.04. The highest BCUT2D eigenvalue weighted by Gasteiger charge is 2.19. The normalized spacial score (nSPS) is 10.5. The van der Waals surface area contributed by atoms with Crippen molar-refractivity contribution in [2.75, 3.05) is 12.8 Å². The van der Waals surface area contributed by atoms with Gasteiger partial charge in [0.1, 0.15) is 0 Å². The molecular formula is C11H11BrN2O3. The second-order valence-electron chi connectivity index (χ2n) is 3.55. The fraction of sp³-hybridized carbons (Fsp3) is 0.182. The van der Waals surface area contributed by atoms with Crippen molar-refractivity contribution in [3.63, 3.8) is 0 Å². The van der Waals surface area contributed by atoms with E-state index in [1.54, 1.807) is 6.07 Å². The van der Waals surface area contributed by atoms with Gasteiger partial charge in [-0.3, -0.25) is 0 Å². The lowest BCUT2D eigenvalue weighted by Crippen LogP contribution is -1.90. The average molecular weight is 299 g/mol. The van der Waals surface area contributed by atoms with E-state index in [9.17, 15) is 5.11 Å². The first-order valence-corrected chi connectivity index (χ1v) is 5.62. The van der Waals surface area contributed by atoms with Crippen LogP contribution in [0.25, 0.3) is 11.3 Å². The van der Waals surface area contributed by atoms with E-state index in [2.05, 4.69) is 21.1 Å². The number of nitrogens with zero attached hydrogens (tertiary/aromatic N) is 1. The number of aromatic hydroxyl groups is 1. The standard InChI is InChI=1S/C11H11BrN2O3/c1-5-3-6(12)11(16-2)10(15)9(5)7-4-8(13)14-17-7/h3-4,15H,1-2H3,(H2,13,14). The highest BCUT2D eigenvalue weighted by atomic mass is 79.9. The Balaban J connectivity index is 2.69. The van der Waals surface area contributed by atoms with Gasteiger partial charge in [0.05, 0.1) is 17.1 Å². The van der Waals surface area contributed by atoms with Crippen LogP contribution in [0.2, 0.25) is 0 Å². The summed E-state index contributed by atoms with van der Waals surface area (Å²) in [4.78, 5) is 0. The molecule has 0 unspecified atom stereocenters. The summed E-state index contributed by atoms with van der Waals surface area (Å²) in [6.45, 7) is 1.85. The number of benzene rings is 1. The van der Waals surface area contributed by atoms with Crippen LogP contribution in [0.5, 0.6) is 11.5 Å². The molecule has 5 nitrogen and oxygen atoms in total. The number of aryl methyl sites for hydroxylation is 1. The molecule has 0 aliphatic carbocycles. The molecule has 90 valence electrons. The number of nitrogen functional groups attached to an aromatic ring is 1. The molecule has 0 saturated heterocycles. The summed E-state index contributed by atoms with van der Waals surface area (Å²) >= 11 is 3.31. The van der Waals surface area contributed by atoms with Crippen LogP contribution in [0.15, 0.2) is 21.1 Å². The van der Waals surface area contributed by atoms with Crippen LogP contribution >= 0.6 is 15.9 Å². The zero-order chi connectivity index (χ0) is 12.6. The molecule has 3 N–H and O–H groups in total. The van der Waals surface area contributed by atoms with Crippen LogP contribution in [-0.2, 0) is 0 Å². The Morgan fingerprint density at radius 2 is 2.18 bits per heavy atom. The van der Waals surface area contributed by atoms with Gasteiger partial charge in [-0.05, 0) is 34.5 Å². The number of nitrogens with two attached hydrogens (primary N) is 1. The second kappa shape index (κ2) is 4.29. The van der Waals surface area contributed by atoms with Crippen LogP contribution in [0.1, 0.15) is 5.56 Å². The first kappa shape index (κ1) is 11.8. The minimum absolute atomic E-state index is 0.00414. The molecule has 0 fully saturated rings. The van der Waals surface area contributed by atoms with E-state index in [4.69, 9.17) is 15.0 Å². The van der Waals surface area contributed by atoms with Crippen LogP contribution in [-0.4, -0.2) is 17.4 Å². The van der Waals surface area contributed by atoms with Crippen LogP contribution in [0.3, 0.4) is 0 Å². The van der Waals surface area contributed by atoms with Gasteiger partial charge in [-0.25, -0.2) is 0 Å². The van der Waals surface area contributed by atoms with Crippen molar-refractivity contribution in [3.8, 4) is 22.8 Å². The molecule has 0 spiro atoms. The monoisotopic (exact) mass is 298 g/mol. The van der Waals surface area contributed by atoms with Gasteiger partial charge in [0, 0.05) is 6.07 Å². The van der Waals surface area contributed by atoms with E-state index in [1.165, 1.54) is 7.11 Å². The van der Waals surface area contributed by atoms with Crippen molar-refractivity contribution >= 4 is 21.7 Å². The van der Waals surface area contributed by atoms with Crippen molar-refractivity contribution < 1.29 is 14.4 Å². The van der Waals surface area contributed by atoms with E-state index in [0.717, 1.165) is 5.56 Å². The predicted molar refractivity (Wildman–Crippen MR) is 67.0 cm³/mol. The topological polar surface area (TPSA) is 81.5 Å². The maximum Gasteiger partial charge on any atom is 0.175 e. The fourth-order valence-corrected chi connectivity index (χ4v) is 2.35. The minimum atomic E-state index is -0.00414. The van der Waals surface area contributed by atoms with Crippen LogP contribution in [0.4, 0.5) is 5.82 Å². The number of halogens is 1. The van der Waals surface area contributed by atoms with Gasteiger partial charge in [-0.2, -0.15) is 0 Å². The van der Waals surface area contributed by atoms with E-state index in [1.807, 2.05) is 13.0 Å². The van der Waals surface area contributed by atoms with Crippen LogP contribution in [0, 0.1) is 6.92 Å². The second-order valence-corrected chi connectivity index (χ2v) is 4.40. The van der Waals surface area contributed by atoms with Gasteiger partial charge in [0.25, 0.3) is 0 Å². The van der Waals surface area contributed by atoms with Crippen molar-refractivity contribution in [3.05, 3.63) is 22.2 Å². The molecule has 0 saturated carbocycles. The molecule has 2 rings (SSSR count). The molecule has 17 heavy (non-hydrogen) atoms. The average Bonchev–Trinajstić information content (AvgIpc) is 2.64. The SMILES string of the molecule is COc1c(Br)cc(C)c(-c2cc(N)no2)c1O. The number of methoxy groups -OCH3 is 1. The summed E-state index contributed by atoms with van der Waals surface area (Å²) in [6.07, 6.45) is 0. The zero-order valence-electron chi connectivity index (χ0n) is 9.32. The van der Waals surface area contributed by atoms with Crippen molar-refractivity contribution in [2.24, 2.45) is 0 Å². The predicted octanol–water partition coefficient (Wildman–Crippen LogP) is 2.71. The molecule has 0 bridgehead atoms. The Kier molecular flexibility index (Phi) is 2.97. The Morgan fingerprint density at radius 1 is 1.47 bits per heavy atom. The van der Waals surface area contributed by atoms with Crippen molar-refractivity contribution in [1.82, 2.24) is 5.16 Å². The molecular weight excluding hydrogens is 288 g/mol. The van der Waals surface area contributed by atoms with Gasteiger partial charge in [0.15, 0.2) is 23.1 Å². The summed E-state index contributed by atoms with van der Waals surface area (Å²) in [5.74, 6) is 1.01. The number of rotatable bonds is 2. The van der Waals surface area contributed by atoms with Gasteiger partial charge in [0.2, 0.25) is 0 Å². The van der Waals surface area contributed by atoms with Crippen LogP contribution < -0.4 is 10.5 Å². The molecule has 0 atom stereocenters. The summed E-state index contributed by atoms with van der Waals surface area (Å²) in [6, 6.07) is 3.38. The molecule has 2 aromatic rings. The molecule has 1 heterocycles. The Hall–Kier alpha value is -1.69. The molecule has 0 radical (unpaired) electrons. The number of hydrogen-bond donors (Lipinski definition) is 2. The molecule has 1 aromatic carbocycles. The molecule has 0 aliphatic heterocycles. The summed E-state index contributed by atoms with van der Waals surface area (Å²) in [7, 11) is 1.48. The van der Waals surface area contributed by atoms with Gasteiger partial charge in [-0.15, -0.1) is 0 Å². The minimum Gasteiger partial charge on any atom is -0.504 e. The largest absolute Gasteiger partial charge is 0.504 e. The fourth-order valence-electron chi connectivity index (χ4n) is 1.65. The maximum atomic E-state index is 10.1. The zero-order valence-corrected chi connectivity index (χ0v) is 10.9. The Morgan fingerprint density at radius 3 is 2.71 bits per heavy atom. The molecule has 0 amide bonds. The van der Waals surface area contributed by atoms with E-state index >= 15 is 0 Å². The molecule has 6 heteroatoms. The number of aromatic nitrogens is 1. The van der Waals surface area contributed by atoms with E-state index in [0.29, 0.717) is 21.5 Å². The summed E-state index contributed by atoms with van der Waals surface area (Å²) in [5, 5.41) is 13.7. The highest BCUT2D eigenvalue weighted by Crippen LogP contribution is 2.44. The smallest absolute Gasteiger partial charge is 0.175 e. The third-order valence-corrected chi connectivity index (χ3v) is 2.97. The third kappa shape index (κ3) is 1.95. The number of phenols is 1. The highest BCUT2D eigenvalue weighted by molar-refractivity contribution is 9.10. The lowest BCUT2D eigenvalue weighted by Gasteiger charge is -2.11. The van der Waals surface area contributed by atoms with Gasteiger partial charge in [-0.1, -0.05) is 5.16 Å². The quantitative estimate of drug-likeness (QED) is 0.891. The van der Waals surface area contributed by atoms with Gasteiger partial charge < -0.3 is 20.1 Å². The maximum absolute atomic E-state index is 10.1. The van der Waals surface area contributed by atoms with E-state index < -0.39 is 0 Å². The summed E-state index contributed by atoms with van der Waals surface area (Å²) in [5.41, 5.74) is 6.84. The van der Waals surface area contributed by atoms with E-state index in [-0.39, 0.29) is 11.6 Å². The first-order valence-electron chi connectivity index (χ1n) is 4.83. The van der Waals surface area contributed by atoms with Crippen molar-refractivity contribution in [2.45, 2.75) is 6.92 Å². The lowest BCUT2D eigenvalue weighted by atomic mass is 10.0. The summed E-state index contributed by atoms with van der Waals surface area (Å²) < 4.78 is 10.8. The molecule has 0 aliphatic rings. The Bertz CT molecular complexity index is 566. The third-order valence-electron chi connectivity index (χ3n) is 2.39. The number of anilines is 1. The Labute approximate surface area is 106 Å².